The molecule has 2 aromatic carbocycles. The molecule has 0 aliphatic rings. The van der Waals surface area contributed by atoms with Gasteiger partial charge < -0.3 is 10.6 Å². The van der Waals surface area contributed by atoms with Gasteiger partial charge in [0.15, 0.2) is 0 Å². The van der Waals surface area contributed by atoms with Crippen molar-refractivity contribution >= 4 is 29.1 Å². The van der Waals surface area contributed by atoms with Gasteiger partial charge in [0.2, 0.25) is 11.8 Å². The van der Waals surface area contributed by atoms with Gasteiger partial charge in [-0.2, -0.15) is 13.2 Å². The van der Waals surface area contributed by atoms with E-state index in [0.717, 1.165) is 17.7 Å². The zero-order valence-electron chi connectivity index (χ0n) is 14.7. The first-order chi connectivity index (χ1) is 12.5. The molecule has 2 N–H and O–H groups in total. The number of nitrogens with one attached hydrogen (secondary N) is 2. The Balaban J connectivity index is 2.08. The Morgan fingerprint density at radius 2 is 1.63 bits per heavy atom. The second kappa shape index (κ2) is 8.00. The first-order valence-corrected chi connectivity index (χ1v) is 8.40. The van der Waals surface area contributed by atoms with Crippen molar-refractivity contribution in [3.8, 4) is 0 Å². The van der Waals surface area contributed by atoms with Gasteiger partial charge in [0.05, 0.1) is 10.6 Å². The molecule has 0 atom stereocenters. The molecular formula is C19H18ClF3N2O2. The number of alkyl halides is 3. The Kier molecular flexibility index (Phi) is 6.15. The van der Waals surface area contributed by atoms with Crippen molar-refractivity contribution in [3.63, 3.8) is 0 Å². The van der Waals surface area contributed by atoms with Crippen LogP contribution in [0.15, 0.2) is 48.5 Å². The lowest BCUT2D eigenvalue weighted by atomic mass is 9.90. The molecule has 27 heavy (non-hydrogen) atoms. The van der Waals surface area contributed by atoms with Crippen LogP contribution in [0.1, 0.15) is 25.0 Å². The highest BCUT2D eigenvalue weighted by Crippen LogP contribution is 2.36. The van der Waals surface area contributed by atoms with E-state index >= 15 is 0 Å². The van der Waals surface area contributed by atoms with Gasteiger partial charge in [0, 0.05) is 12.2 Å². The third-order valence-electron chi connectivity index (χ3n) is 3.96. The van der Waals surface area contributed by atoms with Crippen LogP contribution in [0.25, 0.3) is 0 Å². The maximum absolute atomic E-state index is 12.9. The van der Waals surface area contributed by atoms with Crippen LogP contribution in [0.2, 0.25) is 5.02 Å². The Labute approximate surface area is 159 Å². The Morgan fingerprint density at radius 1 is 1.00 bits per heavy atom. The monoisotopic (exact) mass is 398 g/mol. The summed E-state index contributed by atoms with van der Waals surface area (Å²) in [5, 5.41) is 4.52. The predicted octanol–water partition coefficient (Wildman–Crippen LogP) is 4.64. The number of carbonyl (C=O) groups is 2. The van der Waals surface area contributed by atoms with Crippen LogP contribution >= 0.6 is 11.6 Å². The van der Waals surface area contributed by atoms with E-state index in [1.165, 1.54) is 19.9 Å². The maximum atomic E-state index is 12.9. The molecule has 8 heteroatoms. The summed E-state index contributed by atoms with van der Waals surface area (Å²) >= 11 is 5.56. The van der Waals surface area contributed by atoms with Crippen molar-refractivity contribution in [2.45, 2.75) is 26.6 Å². The number of hydrogen-bond acceptors (Lipinski definition) is 2. The van der Waals surface area contributed by atoms with Crippen LogP contribution in [-0.2, 0) is 22.3 Å². The summed E-state index contributed by atoms with van der Waals surface area (Å²) in [6, 6.07) is 12.1. The molecule has 2 rings (SSSR count). The zero-order chi connectivity index (χ0) is 20.2. The second-order valence-corrected chi connectivity index (χ2v) is 6.85. The van der Waals surface area contributed by atoms with Crippen LogP contribution in [0.4, 0.5) is 18.9 Å². The SMILES string of the molecule is CC(C)(C(=O)NCc1ccccc1)C(=O)Nc1ccc(Cl)c(C(F)(F)F)c1. The molecule has 2 aromatic rings. The van der Waals surface area contributed by atoms with Gasteiger partial charge in [-0.1, -0.05) is 41.9 Å². The molecule has 0 radical (unpaired) electrons. The van der Waals surface area contributed by atoms with E-state index < -0.39 is 34.0 Å². The van der Waals surface area contributed by atoms with Gasteiger partial charge >= 0.3 is 6.18 Å². The molecule has 0 heterocycles. The van der Waals surface area contributed by atoms with Gasteiger partial charge in [0.25, 0.3) is 0 Å². The molecule has 0 unspecified atom stereocenters. The van der Waals surface area contributed by atoms with Crippen LogP contribution < -0.4 is 10.6 Å². The van der Waals surface area contributed by atoms with Gasteiger partial charge in [-0.3, -0.25) is 9.59 Å². The highest BCUT2D eigenvalue weighted by atomic mass is 35.5. The third-order valence-corrected chi connectivity index (χ3v) is 4.29. The molecule has 144 valence electrons. The van der Waals surface area contributed by atoms with Crippen molar-refractivity contribution in [3.05, 3.63) is 64.7 Å². The van der Waals surface area contributed by atoms with E-state index in [1.807, 2.05) is 30.3 Å². The summed E-state index contributed by atoms with van der Waals surface area (Å²) in [5.41, 5.74) is -1.80. The topological polar surface area (TPSA) is 58.2 Å². The average Bonchev–Trinajstić information content (AvgIpc) is 2.61. The summed E-state index contributed by atoms with van der Waals surface area (Å²) in [7, 11) is 0. The normalized spacial score (nSPS) is 11.8. The number of rotatable bonds is 5. The van der Waals surface area contributed by atoms with Gasteiger partial charge in [0.1, 0.15) is 5.41 Å². The number of carbonyl (C=O) groups excluding carboxylic acids is 2. The lowest BCUT2D eigenvalue weighted by Gasteiger charge is -2.23. The molecule has 0 spiro atoms. The van der Waals surface area contributed by atoms with E-state index in [0.29, 0.717) is 0 Å². The molecule has 0 saturated carbocycles. The van der Waals surface area contributed by atoms with Crippen molar-refractivity contribution in [1.29, 1.82) is 0 Å². The van der Waals surface area contributed by atoms with E-state index in [4.69, 9.17) is 11.6 Å². The summed E-state index contributed by atoms with van der Waals surface area (Å²) < 4.78 is 38.8. The van der Waals surface area contributed by atoms with Crippen LogP contribution in [0.3, 0.4) is 0 Å². The Morgan fingerprint density at radius 3 is 2.22 bits per heavy atom. The third kappa shape index (κ3) is 5.23. The molecule has 0 aliphatic carbocycles. The smallest absolute Gasteiger partial charge is 0.351 e. The van der Waals surface area contributed by atoms with Crippen LogP contribution in [0, 0.1) is 5.41 Å². The number of anilines is 1. The quantitative estimate of drug-likeness (QED) is 0.721. The Hall–Kier alpha value is -2.54. The molecule has 0 bridgehead atoms. The largest absolute Gasteiger partial charge is 0.417 e. The van der Waals surface area contributed by atoms with Crippen LogP contribution in [0.5, 0.6) is 0 Å². The summed E-state index contributed by atoms with van der Waals surface area (Å²) in [4.78, 5) is 24.8. The fourth-order valence-corrected chi connectivity index (χ4v) is 2.43. The minimum atomic E-state index is -4.65. The average molecular weight is 399 g/mol. The predicted molar refractivity (Wildman–Crippen MR) is 97.2 cm³/mol. The summed E-state index contributed by atoms with van der Waals surface area (Å²) in [6.07, 6.45) is -4.65. The zero-order valence-corrected chi connectivity index (χ0v) is 15.4. The minimum Gasteiger partial charge on any atom is -0.351 e. The lowest BCUT2D eigenvalue weighted by molar-refractivity contribution is -0.139. The fraction of sp³-hybridized carbons (Fsp3) is 0.263. The number of amides is 2. The van der Waals surface area contributed by atoms with Crippen molar-refractivity contribution in [2.75, 3.05) is 5.32 Å². The number of benzene rings is 2. The van der Waals surface area contributed by atoms with Gasteiger partial charge in [-0.15, -0.1) is 0 Å². The van der Waals surface area contributed by atoms with E-state index in [2.05, 4.69) is 10.6 Å². The summed E-state index contributed by atoms with van der Waals surface area (Å²) in [6.45, 7) is 3.02. The molecule has 4 nitrogen and oxygen atoms in total. The lowest BCUT2D eigenvalue weighted by Crippen LogP contribution is -2.44. The van der Waals surface area contributed by atoms with Crippen molar-refractivity contribution < 1.29 is 22.8 Å². The maximum Gasteiger partial charge on any atom is 0.417 e. The van der Waals surface area contributed by atoms with Crippen LogP contribution in [-0.4, -0.2) is 11.8 Å². The molecule has 0 fully saturated rings. The van der Waals surface area contributed by atoms with Crippen molar-refractivity contribution in [2.24, 2.45) is 5.41 Å². The second-order valence-electron chi connectivity index (χ2n) is 6.44. The van der Waals surface area contributed by atoms with Gasteiger partial charge in [-0.25, -0.2) is 0 Å². The number of hydrogen-bond donors (Lipinski definition) is 2. The highest BCUT2D eigenvalue weighted by Gasteiger charge is 2.37. The molecule has 0 aromatic heterocycles. The highest BCUT2D eigenvalue weighted by molar-refractivity contribution is 6.31. The van der Waals surface area contributed by atoms with E-state index in [9.17, 15) is 22.8 Å². The standard InChI is InChI=1S/C19H18ClF3N2O2/c1-18(2,16(26)24-11-12-6-4-3-5-7-12)17(27)25-13-8-9-15(20)14(10-13)19(21,22)23/h3-10H,11H2,1-2H3,(H,24,26)(H,25,27). The first-order valence-electron chi connectivity index (χ1n) is 8.02. The molecule has 0 aliphatic heterocycles. The molecule has 2 amide bonds. The fourth-order valence-electron chi connectivity index (χ4n) is 2.21. The minimum absolute atomic E-state index is 0.0966. The first kappa shape index (κ1) is 20.8. The molecular weight excluding hydrogens is 381 g/mol. The van der Waals surface area contributed by atoms with Gasteiger partial charge in [-0.05, 0) is 37.6 Å². The molecule has 0 saturated heterocycles. The Bertz CT molecular complexity index is 837. The summed E-state index contributed by atoms with van der Waals surface area (Å²) in [5.74, 6) is -1.28. The number of halogens is 4. The van der Waals surface area contributed by atoms with Crippen molar-refractivity contribution in [1.82, 2.24) is 5.32 Å². The van der Waals surface area contributed by atoms with E-state index in [-0.39, 0.29) is 12.2 Å². The van der Waals surface area contributed by atoms with E-state index in [1.54, 1.807) is 0 Å².